The Bertz CT molecular complexity index is 334. The fourth-order valence-electron chi connectivity index (χ4n) is 1.80. The molecule has 0 fully saturated rings. The molecule has 1 atom stereocenters. The second kappa shape index (κ2) is 7.29. The number of hydrogen-bond acceptors (Lipinski definition) is 1. The lowest BCUT2D eigenvalue weighted by molar-refractivity contribution is 0.400. The van der Waals surface area contributed by atoms with E-state index in [1.54, 1.807) is 0 Å². The van der Waals surface area contributed by atoms with E-state index < -0.39 is 0 Å². The van der Waals surface area contributed by atoms with Crippen molar-refractivity contribution >= 4 is 0 Å². The van der Waals surface area contributed by atoms with Gasteiger partial charge in [0.2, 0.25) is 0 Å². The van der Waals surface area contributed by atoms with Gasteiger partial charge >= 0.3 is 0 Å². The first kappa shape index (κ1) is 14.0. The number of allylic oxidation sites excluding steroid dienone is 1. The van der Waals surface area contributed by atoms with Crippen molar-refractivity contribution in [2.45, 2.75) is 46.7 Å². The Morgan fingerprint density at radius 3 is 2.35 bits per heavy atom. The van der Waals surface area contributed by atoms with Crippen molar-refractivity contribution < 1.29 is 0 Å². The van der Waals surface area contributed by atoms with Gasteiger partial charge in [-0.3, -0.25) is 0 Å². The second-order valence-electron chi connectivity index (χ2n) is 5.23. The molecular formula is C16H25N. The first-order chi connectivity index (χ1) is 8.09. The predicted molar refractivity (Wildman–Crippen MR) is 76.0 cm³/mol. The minimum Gasteiger partial charge on any atom is -0.309 e. The molecule has 1 aromatic rings. The fourth-order valence-corrected chi connectivity index (χ4v) is 1.80. The molecule has 0 amide bonds. The summed E-state index contributed by atoms with van der Waals surface area (Å²) in [5.41, 5.74) is 2.76. The van der Waals surface area contributed by atoms with E-state index in [0.717, 1.165) is 13.0 Å². The first-order valence-electron chi connectivity index (χ1n) is 6.50. The molecule has 1 N–H and O–H groups in total. The van der Waals surface area contributed by atoms with Crippen molar-refractivity contribution in [3.05, 3.63) is 47.5 Å². The van der Waals surface area contributed by atoms with Crippen LogP contribution in [0.15, 0.2) is 42.0 Å². The number of hydrogen-bond donors (Lipinski definition) is 1. The van der Waals surface area contributed by atoms with Gasteiger partial charge in [-0.05, 0) is 31.7 Å². The Balaban J connectivity index is 2.48. The molecule has 0 heterocycles. The van der Waals surface area contributed by atoms with Crippen LogP contribution < -0.4 is 5.32 Å². The van der Waals surface area contributed by atoms with E-state index in [4.69, 9.17) is 0 Å². The van der Waals surface area contributed by atoms with Crippen molar-refractivity contribution in [3.8, 4) is 0 Å². The van der Waals surface area contributed by atoms with Crippen molar-refractivity contribution in [2.24, 2.45) is 5.92 Å². The third kappa shape index (κ3) is 5.69. The van der Waals surface area contributed by atoms with Gasteiger partial charge in [-0.2, -0.15) is 0 Å². The summed E-state index contributed by atoms with van der Waals surface area (Å²) < 4.78 is 0. The zero-order chi connectivity index (χ0) is 12.7. The molecule has 0 spiro atoms. The monoisotopic (exact) mass is 231 g/mol. The third-order valence-electron chi connectivity index (χ3n) is 3.00. The molecule has 0 saturated heterocycles. The van der Waals surface area contributed by atoms with Crippen LogP contribution in [0.25, 0.3) is 0 Å². The van der Waals surface area contributed by atoms with Crippen molar-refractivity contribution in [2.75, 3.05) is 0 Å². The highest BCUT2D eigenvalue weighted by atomic mass is 14.9. The molecule has 0 radical (unpaired) electrons. The Morgan fingerprint density at radius 2 is 1.82 bits per heavy atom. The van der Waals surface area contributed by atoms with Crippen LogP contribution in [0.4, 0.5) is 0 Å². The van der Waals surface area contributed by atoms with E-state index in [9.17, 15) is 0 Å². The van der Waals surface area contributed by atoms with Crippen LogP contribution in [-0.2, 0) is 6.54 Å². The molecule has 0 aliphatic heterocycles. The number of nitrogens with one attached hydrogen (secondary N) is 1. The average Bonchev–Trinajstić information content (AvgIpc) is 2.29. The standard InChI is InChI=1S/C16H25N/c1-13(2)10-11-16(14(3)4)17-12-15-8-6-5-7-9-15/h5-10,14,16-17H,11-12H2,1-4H3. The highest BCUT2D eigenvalue weighted by molar-refractivity contribution is 5.14. The van der Waals surface area contributed by atoms with Gasteiger partial charge in [0, 0.05) is 12.6 Å². The maximum atomic E-state index is 3.65. The molecule has 1 unspecified atom stereocenters. The molecule has 1 nitrogen and oxygen atoms in total. The molecule has 0 bridgehead atoms. The van der Waals surface area contributed by atoms with Crippen molar-refractivity contribution in [1.29, 1.82) is 0 Å². The minimum atomic E-state index is 0.560. The molecular weight excluding hydrogens is 206 g/mol. The third-order valence-corrected chi connectivity index (χ3v) is 3.00. The summed E-state index contributed by atoms with van der Waals surface area (Å²) in [7, 11) is 0. The van der Waals surface area contributed by atoms with Gasteiger partial charge in [0.05, 0.1) is 0 Å². The highest BCUT2D eigenvalue weighted by Crippen LogP contribution is 2.10. The van der Waals surface area contributed by atoms with E-state index in [0.29, 0.717) is 12.0 Å². The van der Waals surface area contributed by atoms with Crippen LogP contribution in [0.2, 0.25) is 0 Å². The van der Waals surface area contributed by atoms with Crippen molar-refractivity contribution in [3.63, 3.8) is 0 Å². The largest absolute Gasteiger partial charge is 0.309 e. The van der Waals surface area contributed by atoms with Gasteiger partial charge in [-0.15, -0.1) is 0 Å². The summed E-state index contributed by atoms with van der Waals surface area (Å²) in [4.78, 5) is 0. The average molecular weight is 231 g/mol. The van der Waals surface area contributed by atoms with E-state index in [2.05, 4.69) is 69.4 Å². The van der Waals surface area contributed by atoms with Gasteiger partial charge in [-0.1, -0.05) is 55.8 Å². The van der Waals surface area contributed by atoms with Gasteiger partial charge in [0.15, 0.2) is 0 Å². The predicted octanol–water partition coefficient (Wildman–Crippen LogP) is 4.16. The number of benzene rings is 1. The fraction of sp³-hybridized carbons (Fsp3) is 0.500. The highest BCUT2D eigenvalue weighted by Gasteiger charge is 2.10. The Hall–Kier alpha value is -1.08. The summed E-state index contributed by atoms with van der Waals surface area (Å²) in [6.45, 7) is 9.84. The quantitative estimate of drug-likeness (QED) is 0.725. The molecule has 0 saturated carbocycles. The van der Waals surface area contributed by atoms with Crippen LogP contribution in [-0.4, -0.2) is 6.04 Å². The van der Waals surface area contributed by atoms with Crippen LogP contribution >= 0.6 is 0 Å². The second-order valence-corrected chi connectivity index (χ2v) is 5.23. The SMILES string of the molecule is CC(C)=CCC(NCc1ccccc1)C(C)C. The summed E-state index contributed by atoms with van der Waals surface area (Å²) >= 11 is 0. The minimum absolute atomic E-state index is 0.560. The normalized spacial score (nSPS) is 12.5. The molecule has 1 heteroatoms. The van der Waals surface area contributed by atoms with Gasteiger partial charge < -0.3 is 5.32 Å². The molecule has 0 aliphatic rings. The maximum absolute atomic E-state index is 3.65. The molecule has 94 valence electrons. The van der Waals surface area contributed by atoms with E-state index in [1.807, 2.05) is 0 Å². The molecule has 1 aromatic carbocycles. The van der Waals surface area contributed by atoms with Crippen LogP contribution in [0.3, 0.4) is 0 Å². The molecule has 17 heavy (non-hydrogen) atoms. The summed E-state index contributed by atoms with van der Waals surface area (Å²) in [6, 6.07) is 11.2. The zero-order valence-corrected chi connectivity index (χ0v) is 11.5. The Labute approximate surface area is 106 Å². The van der Waals surface area contributed by atoms with E-state index in [1.165, 1.54) is 11.1 Å². The molecule has 1 rings (SSSR count). The van der Waals surface area contributed by atoms with Gasteiger partial charge in [0.1, 0.15) is 0 Å². The van der Waals surface area contributed by atoms with Crippen molar-refractivity contribution in [1.82, 2.24) is 5.32 Å². The van der Waals surface area contributed by atoms with E-state index in [-0.39, 0.29) is 0 Å². The van der Waals surface area contributed by atoms with Crippen LogP contribution in [0, 0.1) is 5.92 Å². The van der Waals surface area contributed by atoms with Crippen LogP contribution in [0.1, 0.15) is 39.7 Å². The zero-order valence-electron chi connectivity index (χ0n) is 11.5. The molecule has 0 aliphatic carbocycles. The van der Waals surface area contributed by atoms with Gasteiger partial charge in [-0.25, -0.2) is 0 Å². The maximum Gasteiger partial charge on any atom is 0.0208 e. The van der Waals surface area contributed by atoms with Gasteiger partial charge in [0.25, 0.3) is 0 Å². The lowest BCUT2D eigenvalue weighted by Crippen LogP contribution is -2.32. The Kier molecular flexibility index (Phi) is 5.99. The van der Waals surface area contributed by atoms with E-state index >= 15 is 0 Å². The summed E-state index contributed by atoms with van der Waals surface area (Å²) in [5, 5.41) is 3.65. The summed E-state index contributed by atoms with van der Waals surface area (Å²) in [5.74, 6) is 0.661. The molecule has 0 aromatic heterocycles. The Morgan fingerprint density at radius 1 is 1.18 bits per heavy atom. The first-order valence-corrected chi connectivity index (χ1v) is 6.50. The smallest absolute Gasteiger partial charge is 0.0208 e. The number of rotatable bonds is 6. The lowest BCUT2D eigenvalue weighted by atomic mass is 9.99. The summed E-state index contributed by atoms with van der Waals surface area (Å²) in [6.07, 6.45) is 3.44. The van der Waals surface area contributed by atoms with Crippen LogP contribution in [0.5, 0.6) is 0 Å². The topological polar surface area (TPSA) is 12.0 Å². The lowest BCUT2D eigenvalue weighted by Gasteiger charge is -2.21.